The van der Waals surface area contributed by atoms with Gasteiger partial charge in [-0.3, -0.25) is 4.79 Å². The van der Waals surface area contributed by atoms with Crippen molar-refractivity contribution >= 4 is 12.3 Å². The number of alkyl halides is 3. The molecule has 2 aromatic carbocycles. The third-order valence-electron chi connectivity index (χ3n) is 5.35. The molecule has 9 heteroatoms. The van der Waals surface area contributed by atoms with Gasteiger partial charge in [0.15, 0.2) is 0 Å². The predicted octanol–water partition coefficient (Wildman–Crippen LogP) is 4.19. The number of benzene rings is 2. The summed E-state index contributed by atoms with van der Waals surface area (Å²) in [5.74, 6) is 0.363. The van der Waals surface area contributed by atoms with Crippen LogP contribution in [0.2, 0.25) is 0 Å². The largest absolute Gasteiger partial charge is 0.465 e. The number of nitrogens with zero attached hydrogens (tertiary/aromatic N) is 2. The second kappa shape index (κ2) is 12.9. The first-order chi connectivity index (χ1) is 16.1. The Kier molecular flexibility index (Phi) is 10.2. The highest BCUT2D eigenvalue weighted by atomic mass is 19.4. The molecule has 0 aliphatic carbocycles. The minimum atomic E-state index is -4.64. The van der Waals surface area contributed by atoms with Gasteiger partial charge in [-0.1, -0.05) is 12.1 Å². The van der Waals surface area contributed by atoms with Crippen molar-refractivity contribution in [1.82, 2.24) is 10.2 Å². The molecular formula is C25H28F3N3O3. The molecule has 182 valence electrons. The molecular weight excluding hydrogens is 447 g/mol. The lowest BCUT2D eigenvalue weighted by Gasteiger charge is -2.27. The first kappa shape index (κ1) is 27.0. The van der Waals surface area contributed by atoms with E-state index in [2.05, 4.69) is 29.4 Å². The summed E-state index contributed by atoms with van der Waals surface area (Å²) in [4.78, 5) is 23.2. The molecule has 0 spiro atoms. The third-order valence-corrected chi connectivity index (χ3v) is 5.35. The van der Waals surface area contributed by atoms with E-state index in [-0.39, 0.29) is 5.97 Å². The molecule has 34 heavy (non-hydrogen) atoms. The van der Waals surface area contributed by atoms with Gasteiger partial charge in [0.1, 0.15) is 0 Å². The molecule has 1 aliphatic rings. The molecule has 0 atom stereocenters. The number of halogens is 3. The fraction of sp³-hybridized carbons (Fsp3) is 0.400. The molecule has 0 bridgehead atoms. The van der Waals surface area contributed by atoms with Crippen LogP contribution in [0.5, 0.6) is 0 Å². The fourth-order valence-corrected chi connectivity index (χ4v) is 3.84. The average Bonchev–Trinajstić information content (AvgIpc) is 2.83. The van der Waals surface area contributed by atoms with Gasteiger partial charge in [-0.25, -0.2) is 4.79 Å². The van der Waals surface area contributed by atoms with Crippen LogP contribution in [0, 0.1) is 17.2 Å². The summed E-state index contributed by atoms with van der Waals surface area (Å²) in [6, 6.07) is 15.5. The number of hydrogen-bond donors (Lipinski definition) is 1. The number of piperidine rings is 1. The Labute approximate surface area is 197 Å². The Morgan fingerprint density at radius 2 is 1.88 bits per heavy atom. The normalized spacial score (nSPS) is 14.0. The van der Waals surface area contributed by atoms with Crippen LogP contribution in [0.15, 0.2) is 42.5 Å². The molecule has 3 rings (SSSR count). The molecule has 1 N–H and O–H groups in total. The first-order valence-electron chi connectivity index (χ1n) is 10.8. The molecule has 0 amide bonds. The van der Waals surface area contributed by atoms with Crippen molar-refractivity contribution in [3.05, 3.63) is 59.2 Å². The smallest absolute Gasteiger partial charge is 0.446 e. The van der Waals surface area contributed by atoms with E-state index in [9.17, 15) is 23.2 Å². The molecule has 0 saturated carbocycles. The highest BCUT2D eigenvalue weighted by Crippen LogP contribution is 2.25. The van der Waals surface area contributed by atoms with Gasteiger partial charge in [0.25, 0.3) is 0 Å². The van der Waals surface area contributed by atoms with Crippen LogP contribution in [-0.4, -0.2) is 57.1 Å². The van der Waals surface area contributed by atoms with E-state index in [1.54, 1.807) is 6.07 Å². The lowest BCUT2D eigenvalue weighted by atomic mass is 9.96. The van der Waals surface area contributed by atoms with Gasteiger partial charge < -0.3 is 15.0 Å². The lowest BCUT2D eigenvalue weighted by molar-refractivity contribution is -0.156. The number of nitriles is 1. The van der Waals surface area contributed by atoms with Crippen LogP contribution in [0.3, 0.4) is 0 Å². The van der Waals surface area contributed by atoms with Crippen molar-refractivity contribution in [2.24, 2.45) is 5.92 Å². The van der Waals surface area contributed by atoms with E-state index in [4.69, 9.17) is 9.53 Å². The molecule has 1 aliphatic heterocycles. The summed E-state index contributed by atoms with van der Waals surface area (Å²) in [7, 11) is 3.52. The first-order valence-corrected chi connectivity index (χ1v) is 10.8. The molecule has 0 aromatic heterocycles. The number of carbonyl (C=O) groups is 2. The average molecular weight is 476 g/mol. The summed E-state index contributed by atoms with van der Waals surface area (Å²) >= 11 is 0. The van der Waals surface area contributed by atoms with Crippen LogP contribution < -0.4 is 5.32 Å². The molecule has 1 saturated heterocycles. The van der Waals surface area contributed by atoms with Gasteiger partial charge in [0.2, 0.25) is 6.29 Å². The highest BCUT2D eigenvalue weighted by molar-refractivity contribution is 5.91. The van der Waals surface area contributed by atoms with Crippen molar-refractivity contribution in [2.45, 2.75) is 25.6 Å². The number of nitrogens with one attached hydrogen (secondary N) is 1. The topological polar surface area (TPSA) is 82.4 Å². The predicted molar refractivity (Wildman–Crippen MR) is 122 cm³/mol. The van der Waals surface area contributed by atoms with E-state index < -0.39 is 12.5 Å². The number of carbonyl (C=O) groups excluding carboxylic acids is 2. The maximum atomic E-state index is 12.2. The molecule has 1 heterocycles. The Bertz CT molecular complexity index is 1010. The van der Waals surface area contributed by atoms with Crippen LogP contribution in [0.25, 0.3) is 11.1 Å². The van der Waals surface area contributed by atoms with Crippen LogP contribution in [0.4, 0.5) is 13.2 Å². The van der Waals surface area contributed by atoms with Gasteiger partial charge in [0.05, 0.1) is 24.3 Å². The Morgan fingerprint density at radius 1 is 1.21 bits per heavy atom. The fourth-order valence-electron chi connectivity index (χ4n) is 3.84. The second-order valence-corrected chi connectivity index (χ2v) is 8.15. The molecule has 0 radical (unpaired) electrons. The molecule has 2 aromatic rings. The Morgan fingerprint density at radius 3 is 2.47 bits per heavy atom. The Balaban J connectivity index is 0.000000604. The SMILES string of the molecule is COC(=O)c1cc(CN(C)CC2CCNCC2)cc(-c2cccc(C#N)c2)c1.O=CC(F)(F)F. The van der Waals surface area contributed by atoms with E-state index in [0.29, 0.717) is 17.0 Å². The number of methoxy groups -OCH3 is 1. The summed E-state index contributed by atoms with van der Waals surface area (Å²) < 4.78 is 36.2. The summed E-state index contributed by atoms with van der Waals surface area (Å²) in [6.45, 7) is 3.99. The minimum absolute atomic E-state index is 0.347. The van der Waals surface area contributed by atoms with E-state index >= 15 is 0 Å². The van der Waals surface area contributed by atoms with Crippen molar-refractivity contribution in [2.75, 3.05) is 33.8 Å². The maximum absolute atomic E-state index is 12.2. The number of esters is 1. The Hall–Kier alpha value is -3.22. The molecule has 0 unspecified atom stereocenters. The standard InChI is InChI=1S/C23H27N3O2.C2HF3O/c1-26(15-17-6-8-25-9-7-17)16-19-11-21(13-22(12-19)23(27)28-2)20-5-3-4-18(10-20)14-24;3-2(4,5)1-6/h3-5,10-13,17,25H,6-9,15-16H2,1-2H3;1H. The van der Waals surface area contributed by atoms with Crippen molar-refractivity contribution in [3.63, 3.8) is 0 Å². The van der Waals surface area contributed by atoms with Gasteiger partial charge in [-0.05, 0) is 85.9 Å². The summed E-state index contributed by atoms with van der Waals surface area (Å²) in [5, 5.41) is 12.6. The van der Waals surface area contributed by atoms with Crippen LogP contribution in [-0.2, 0) is 16.1 Å². The zero-order valence-electron chi connectivity index (χ0n) is 19.2. The number of hydrogen-bond acceptors (Lipinski definition) is 6. The van der Waals surface area contributed by atoms with E-state index in [1.807, 2.05) is 30.3 Å². The summed E-state index contributed by atoms with van der Waals surface area (Å²) in [5.41, 5.74) is 4.05. The lowest BCUT2D eigenvalue weighted by Crippen LogP contribution is -2.34. The summed E-state index contributed by atoms with van der Waals surface area (Å²) in [6.07, 6.45) is -3.29. The highest BCUT2D eigenvalue weighted by Gasteiger charge is 2.25. The number of aldehydes is 1. The monoisotopic (exact) mass is 475 g/mol. The van der Waals surface area contributed by atoms with Gasteiger partial charge in [-0.2, -0.15) is 18.4 Å². The van der Waals surface area contributed by atoms with E-state index in [1.165, 1.54) is 20.0 Å². The number of ether oxygens (including phenoxy) is 1. The third kappa shape index (κ3) is 8.96. The van der Waals surface area contributed by atoms with Gasteiger partial charge in [0, 0.05) is 13.1 Å². The number of rotatable bonds is 6. The van der Waals surface area contributed by atoms with Crippen LogP contribution >= 0.6 is 0 Å². The van der Waals surface area contributed by atoms with Crippen molar-refractivity contribution in [1.29, 1.82) is 5.26 Å². The zero-order valence-corrected chi connectivity index (χ0v) is 19.2. The zero-order chi connectivity index (χ0) is 25.1. The van der Waals surface area contributed by atoms with Gasteiger partial charge >= 0.3 is 12.1 Å². The molecule has 1 fully saturated rings. The maximum Gasteiger partial charge on any atom is 0.446 e. The van der Waals surface area contributed by atoms with Crippen LogP contribution in [0.1, 0.15) is 34.3 Å². The van der Waals surface area contributed by atoms with Crippen molar-refractivity contribution in [3.8, 4) is 17.2 Å². The van der Waals surface area contributed by atoms with Gasteiger partial charge in [-0.15, -0.1) is 0 Å². The quantitative estimate of drug-likeness (QED) is 0.498. The van der Waals surface area contributed by atoms with Crippen molar-refractivity contribution < 1.29 is 27.5 Å². The minimum Gasteiger partial charge on any atom is -0.465 e. The van der Waals surface area contributed by atoms with E-state index in [0.717, 1.165) is 42.9 Å². The second-order valence-electron chi connectivity index (χ2n) is 8.15. The molecule has 6 nitrogen and oxygen atoms in total.